The monoisotopic (exact) mass is 312 g/mol. The van der Waals surface area contributed by atoms with E-state index in [-0.39, 0.29) is 0 Å². The topological polar surface area (TPSA) is 66.6 Å². The maximum atomic E-state index is 10.7. The summed E-state index contributed by atoms with van der Waals surface area (Å²) in [5.41, 5.74) is 6.76. The predicted molar refractivity (Wildman–Crippen MR) is 74.7 cm³/mol. The molecule has 2 unspecified atom stereocenters. The van der Waals surface area contributed by atoms with Crippen molar-refractivity contribution in [3.8, 4) is 0 Å². The van der Waals surface area contributed by atoms with Gasteiger partial charge in [0.1, 0.15) is 6.04 Å². The molecule has 1 aromatic carbocycles. The normalized spacial score (nSPS) is 21.0. The van der Waals surface area contributed by atoms with Gasteiger partial charge in [0.25, 0.3) is 0 Å². The summed E-state index contributed by atoms with van der Waals surface area (Å²) in [6.45, 7) is 1.85. The Morgan fingerprint density at radius 1 is 1.61 bits per heavy atom. The van der Waals surface area contributed by atoms with E-state index in [2.05, 4.69) is 33.0 Å². The molecule has 0 radical (unpaired) electrons. The van der Waals surface area contributed by atoms with E-state index in [0.29, 0.717) is 12.3 Å². The number of nitrogens with zero attached hydrogens (tertiary/aromatic N) is 1. The van der Waals surface area contributed by atoms with Gasteiger partial charge in [-0.15, -0.1) is 0 Å². The molecule has 1 saturated heterocycles. The molecule has 98 valence electrons. The zero-order valence-corrected chi connectivity index (χ0v) is 11.6. The first kappa shape index (κ1) is 13.4. The van der Waals surface area contributed by atoms with Crippen LogP contribution in [0.5, 0.6) is 0 Å². The molecule has 2 atom stereocenters. The van der Waals surface area contributed by atoms with Gasteiger partial charge in [0.2, 0.25) is 0 Å². The summed E-state index contributed by atoms with van der Waals surface area (Å²) in [6.07, 6.45) is 1.56. The molecule has 0 aliphatic carbocycles. The molecule has 3 N–H and O–H groups in total. The number of carboxylic acids is 1. The number of carbonyl (C=O) groups is 1. The molecule has 2 rings (SSSR count). The van der Waals surface area contributed by atoms with Crippen LogP contribution in [-0.4, -0.2) is 30.2 Å². The minimum Gasteiger partial charge on any atom is -0.480 e. The van der Waals surface area contributed by atoms with E-state index >= 15 is 0 Å². The summed E-state index contributed by atoms with van der Waals surface area (Å²) in [5, 5.41) is 8.82. The van der Waals surface area contributed by atoms with Crippen LogP contribution in [0.1, 0.15) is 12.8 Å². The van der Waals surface area contributed by atoms with Crippen LogP contribution >= 0.6 is 15.9 Å². The van der Waals surface area contributed by atoms with E-state index in [1.165, 1.54) is 5.69 Å². The van der Waals surface area contributed by atoms with Crippen molar-refractivity contribution in [2.45, 2.75) is 18.9 Å². The van der Waals surface area contributed by atoms with Crippen LogP contribution in [0.3, 0.4) is 0 Å². The van der Waals surface area contributed by atoms with Crippen molar-refractivity contribution in [3.63, 3.8) is 0 Å². The number of anilines is 1. The lowest BCUT2D eigenvalue weighted by molar-refractivity contribution is -0.138. The summed E-state index contributed by atoms with van der Waals surface area (Å²) in [6, 6.07) is 7.43. The molecule has 0 amide bonds. The summed E-state index contributed by atoms with van der Waals surface area (Å²) in [4.78, 5) is 13.0. The fourth-order valence-electron chi connectivity index (χ4n) is 2.39. The van der Waals surface area contributed by atoms with Gasteiger partial charge in [0, 0.05) is 23.2 Å². The van der Waals surface area contributed by atoms with E-state index in [4.69, 9.17) is 10.8 Å². The lowest BCUT2D eigenvalue weighted by atomic mass is 10.00. The van der Waals surface area contributed by atoms with Crippen molar-refractivity contribution >= 4 is 27.6 Å². The summed E-state index contributed by atoms with van der Waals surface area (Å²) in [5.74, 6) is -0.536. The number of hydrogen-bond donors (Lipinski definition) is 2. The molecule has 1 aromatic rings. The lowest BCUT2D eigenvalue weighted by Crippen LogP contribution is -2.33. The second-order valence-electron chi connectivity index (χ2n) is 4.76. The van der Waals surface area contributed by atoms with E-state index < -0.39 is 12.0 Å². The molecule has 1 aliphatic heterocycles. The fraction of sp³-hybridized carbons (Fsp3) is 0.462. The Morgan fingerprint density at radius 3 is 3.06 bits per heavy atom. The van der Waals surface area contributed by atoms with Crippen molar-refractivity contribution in [2.75, 3.05) is 18.0 Å². The Labute approximate surface area is 115 Å². The van der Waals surface area contributed by atoms with Gasteiger partial charge in [0.05, 0.1) is 0 Å². The van der Waals surface area contributed by atoms with Gasteiger partial charge < -0.3 is 15.7 Å². The molecular weight excluding hydrogens is 296 g/mol. The number of nitrogens with two attached hydrogens (primary N) is 1. The number of carboxylic acid groups (broad SMARTS) is 1. The molecule has 1 aliphatic rings. The number of aliphatic carboxylic acids is 1. The van der Waals surface area contributed by atoms with Gasteiger partial charge in [0.15, 0.2) is 0 Å². The molecule has 18 heavy (non-hydrogen) atoms. The molecule has 5 heteroatoms. The molecular formula is C13H17BrN2O2. The van der Waals surface area contributed by atoms with Crippen LogP contribution in [0, 0.1) is 5.92 Å². The van der Waals surface area contributed by atoms with Crippen molar-refractivity contribution < 1.29 is 9.90 Å². The number of hydrogen-bond acceptors (Lipinski definition) is 3. The van der Waals surface area contributed by atoms with Crippen LogP contribution in [0.4, 0.5) is 5.69 Å². The first-order valence-corrected chi connectivity index (χ1v) is 6.84. The Morgan fingerprint density at radius 2 is 2.39 bits per heavy atom. The Hall–Kier alpha value is -1.07. The largest absolute Gasteiger partial charge is 0.480 e. The summed E-state index contributed by atoms with van der Waals surface area (Å²) < 4.78 is 1.06. The van der Waals surface area contributed by atoms with Crippen LogP contribution in [0.2, 0.25) is 0 Å². The van der Waals surface area contributed by atoms with Gasteiger partial charge in [-0.3, -0.25) is 4.79 Å². The fourth-order valence-corrected chi connectivity index (χ4v) is 2.78. The first-order valence-electron chi connectivity index (χ1n) is 6.05. The first-order chi connectivity index (χ1) is 8.56. The van der Waals surface area contributed by atoms with Gasteiger partial charge in [-0.05, 0) is 37.0 Å². The standard InChI is InChI=1S/C13H17BrN2O2/c14-10-2-1-3-11(7-10)16-5-4-9(8-16)6-12(15)13(17)18/h1-3,7,9,12H,4-6,8,15H2,(H,17,18). The van der Waals surface area contributed by atoms with Crippen LogP contribution in [0.15, 0.2) is 28.7 Å². The van der Waals surface area contributed by atoms with Gasteiger partial charge >= 0.3 is 5.97 Å². The quantitative estimate of drug-likeness (QED) is 0.893. The van der Waals surface area contributed by atoms with E-state index in [1.54, 1.807) is 0 Å². The molecule has 0 spiro atoms. The van der Waals surface area contributed by atoms with Crippen LogP contribution in [-0.2, 0) is 4.79 Å². The number of halogens is 1. The highest BCUT2D eigenvalue weighted by Gasteiger charge is 2.26. The highest BCUT2D eigenvalue weighted by molar-refractivity contribution is 9.10. The van der Waals surface area contributed by atoms with Crippen LogP contribution in [0.25, 0.3) is 0 Å². The third-order valence-electron chi connectivity index (χ3n) is 3.36. The summed E-state index contributed by atoms with van der Waals surface area (Å²) >= 11 is 3.46. The smallest absolute Gasteiger partial charge is 0.320 e. The Bertz CT molecular complexity index is 439. The average Bonchev–Trinajstić information content (AvgIpc) is 2.77. The van der Waals surface area contributed by atoms with E-state index in [1.807, 2.05) is 12.1 Å². The van der Waals surface area contributed by atoms with Crippen molar-refractivity contribution in [2.24, 2.45) is 11.7 Å². The van der Waals surface area contributed by atoms with Crippen LogP contribution < -0.4 is 10.6 Å². The third-order valence-corrected chi connectivity index (χ3v) is 3.86. The van der Waals surface area contributed by atoms with Gasteiger partial charge in [-0.25, -0.2) is 0 Å². The highest BCUT2D eigenvalue weighted by atomic mass is 79.9. The second kappa shape index (κ2) is 5.71. The SMILES string of the molecule is NC(CC1CCN(c2cccc(Br)c2)C1)C(=O)O. The van der Waals surface area contributed by atoms with Gasteiger partial charge in [-0.2, -0.15) is 0 Å². The highest BCUT2D eigenvalue weighted by Crippen LogP contribution is 2.28. The minimum absolute atomic E-state index is 0.370. The summed E-state index contributed by atoms with van der Waals surface area (Å²) in [7, 11) is 0. The average molecular weight is 313 g/mol. The molecule has 0 saturated carbocycles. The molecule has 0 bridgehead atoms. The molecule has 0 aromatic heterocycles. The Balaban J connectivity index is 1.94. The van der Waals surface area contributed by atoms with Crippen molar-refractivity contribution in [1.29, 1.82) is 0 Å². The van der Waals surface area contributed by atoms with E-state index in [9.17, 15) is 4.79 Å². The van der Waals surface area contributed by atoms with Gasteiger partial charge in [-0.1, -0.05) is 22.0 Å². The predicted octanol–water partition coefficient (Wildman–Crippen LogP) is 2.08. The Kier molecular flexibility index (Phi) is 4.24. The number of rotatable bonds is 4. The zero-order valence-electron chi connectivity index (χ0n) is 10.1. The third kappa shape index (κ3) is 3.23. The molecule has 1 fully saturated rings. The van der Waals surface area contributed by atoms with E-state index in [0.717, 1.165) is 24.0 Å². The lowest BCUT2D eigenvalue weighted by Gasteiger charge is -2.19. The van der Waals surface area contributed by atoms with Crippen molar-refractivity contribution in [3.05, 3.63) is 28.7 Å². The zero-order chi connectivity index (χ0) is 13.1. The maximum Gasteiger partial charge on any atom is 0.320 e. The molecule has 1 heterocycles. The maximum absolute atomic E-state index is 10.7. The van der Waals surface area contributed by atoms with Crippen molar-refractivity contribution in [1.82, 2.24) is 0 Å². The minimum atomic E-state index is -0.907. The molecule has 4 nitrogen and oxygen atoms in total. The second-order valence-corrected chi connectivity index (χ2v) is 5.68. The number of benzene rings is 1.